The van der Waals surface area contributed by atoms with Gasteiger partial charge in [-0.3, -0.25) is 4.98 Å². The molecule has 0 fully saturated rings. The summed E-state index contributed by atoms with van der Waals surface area (Å²) in [5.74, 6) is 0.408. The zero-order valence-corrected chi connectivity index (χ0v) is 13.8. The van der Waals surface area contributed by atoms with E-state index in [0.29, 0.717) is 12.2 Å². The van der Waals surface area contributed by atoms with Crippen LogP contribution in [-0.2, 0) is 4.74 Å². The van der Waals surface area contributed by atoms with Gasteiger partial charge in [0.05, 0.1) is 11.1 Å². The lowest BCUT2D eigenvalue weighted by Gasteiger charge is -2.09. The monoisotopic (exact) mass is 321 g/mol. The third kappa shape index (κ3) is 3.71. The standard InChI is InChI=1S/C20H19NO3/c1-14-7-9-16(10-8-14)23-11-12-24-20(22)18-13-15(2)21-19-6-4-3-5-17(18)19/h3-10,13H,11-12H2,1-2H3. The first-order chi connectivity index (χ1) is 11.6. The van der Waals surface area contributed by atoms with Crippen LogP contribution in [-0.4, -0.2) is 24.2 Å². The van der Waals surface area contributed by atoms with Gasteiger partial charge in [-0.1, -0.05) is 35.9 Å². The molecular weight excluding hydrogens is 302 g/mol. The summed E-state index contributed by atoms with van der Waals surface area (Å²) in [6.45, 7) is 4.40. The fourth-order valence-electron chi connectivity index (χ4n) is 2.48. The molecule has 0 atom stereocenters. The maximum absolute atomic E-state index is 12.4. The average Bonchev–Trinajstić information content (AvgIpc) is 2.59. The van der Waals surface area contributed by atoms with E-state index in [1.54, 1.807) is 6.07 Å². The van der Waals surface area contributed by atoms with E-state index in [4.69, 9.17) is 9.47 Å². The second-order valence-electron chi connectivity index (χ2n) is 5.63. The number of carbonyl (C=O) groups excluding carboxylic acids is 1. The molecule has 0 aliphatic heterocycles. The number of para-hydroxylation sites is 1. The Morgan fingerprint density at radius 2 is 1.75 bits per heavy atom. The van der Waals surface area contributed by atoms with Crippen LogP contribution in [0.1, 0.15) is 21.6 Å². The van der Waals surface area contributed by atoms with Gasteiger partial charge in [-0.15, -0.1) is 0 Å². The van der Waals surface area contributed by atoms with Gasteiger partial charge in [0.2, 0.25) is 0 Å². The summed E-state index contributed by atoms with van der Waals surface area (Å²) < 4.78 is 10.9. The van der Waals surface area contributed by atoms with Crippen molar-refractivity contribution in [3.63, 3.8) is 0 Å². The van der Waals surface area contributed by atoms with Crippen LogP contribution in [0.15, 0.2) is 54.6 Å². The van der Waals surface area contributed by atoms with Crippen LogP contribution >= 0.6 is 0 Å². The van der Waals surface area contributed by atoms with Crippen LogP contribution < -0.4 is 4.74 Å². The van der Waals surface area contributed by atoms with Crippen LogP contribution in [0.2, 0.25) is 0 Å². The highest BCUT2D eigenvalue weighted by Crippen LogP contribution is 2.19. The van der Waals surface area contributed by atoms with E-state index in [1.807, 2.05) is 62.4 Å². The van der Waals surface area contributed by atoms with Gasteiger partial charge in [-0.25, -0.2) is 4.79 Å². The van der Waals surface area contributed by atoms with Crippen molar-refractivity contribution in [2.24, 2.45) is 0 Å². The molecule has 24 heavy (non-hydrogen) atoms. The highest BCUT2D eigenvalue weighted by atomic mass is 16.6. The fraction of sp³-hybridized carbons (Fsp3) is 0.200. The van der Waals surface area contributed by atoms with Gasteiger partial charge >= 0.3 is 5.97 Å². The van der Waals surface area contributed by atoms with Crippen LogP contribution in [0.4, 0.5) is 0 Å². The lowest BCUT2D eigenvalue weighted by Crippen LogP contribution is -2.13. The fourth-order valence-corrected chi connectivity index (χ4v) is 2.48. The molecule has 122 valence electrons. The van der Waals surface area contributed by atoms with Crippen LogP contribution in [0.5, 0.6) is 5.75 Å². The molecule has 0 aliphatic carbocycles. The minimum Gasteiger partial charge on any atom is -0.490 e. The van der Waals surface area contributed by atoms with Gasteiger partial charge in [-0.2, -0.15) is 0 Å². The summed E-state index contributed by atoms with van der Waals surface area (Å²) >= 11 is 0. The molecule has 3 rings (SSSR count). The molecule has 0 bridgehead atoms. The predicted octanol–water partition coefficient (Wildman–Crippen LogP) is 4.09. The number of aryl methyl sites for hydroxylation is 2. The number of nitrogens with zero attached hydrogens (tertiary/aromatic N) is 1. The molecule has 0 radical (unpaired) electrons. The number of rotatable bonds is 5. The summed E-state index contributed by atoms with van der Waals surface area (Å²) in [6.07, 6.45) is 0. The highest BCUT2D eigenvalue weighted by Gasteiger charge is 2.13. The first kappa shape index (κ1) is 16.0. The zero-order chi connectivity index (χ0) is 16.9. The Bertz CT molecular complexity index is 856. The Hall–Kier alpha value is -2.88. The van der Waals surface area contributed by atoms with E-state index >= 15 is 0 Å². The molecule has 0 saturated heterocycles. The maximum atomic E-state index is 12.4. The second kappa shape index (κ2) is 7.13. The summed E-state index contributed by atoms with van der Waals surface area (Å²) in [5.41, 5.74) is 3.29. The highest BCUT2D eigenvalue weighted by molar-refractivity contribution is 6.03. The predicted molar refractivity (Wildman–Crippen MR) is 93.4 cm³/mol. The van der Waals surface area contributed by atoms with Gasteiger partial charge < -0.3 is 9.47 Å². The smallest absolute Gasteiger partial charge is 0.339 e. The summed E-state index contributed by atoms with van der Waals surface area (Å²) in [4.78, 5) is 16.8. The van der Waals surface area contributed by atoms with E-state index in [0.717, 1.165) is 22.3 Å². The summed E-state index contributed by atoms with van der Waals surface area (Å²) in [6, 6.07) is 17.1. The minimum absolute atomic E-state index is 0.197. The average molecular weight is 321 g/mol. The van der Waals surface area contributed by atoms with E-state index < -0.39 is 0 Å². The molecule has 2 aromatic carbocycles. The van der Waals surface area contributed by atoms with E-state index in [1.165, 1.54) is 5.56 Å². The first-order valence-electron chi connectivity index (χ1n) is 7.86. The number of fused-ring (bicyclic) bond motifs is 1. The van der Waals surface area contributed by atoms with Crippen molar-refractivity contribution < 1.29 is 14.3 Å². The van der Waals surface area contributed by atoms with Crippen molar-refractivity contribution in [2.75, 3.05) is 13.2 Å². The van der Waals surface area contributed by atoms with Crippen LogP contribution in [0, 0.1) is 13.8 Å². The SMILES string of the molecule is Cc1ccc(OCCOC(=O)c2cc(C)nc3ccccc23)cc1. The number of hydrogen-bond donors (Lipinski definition) is 0. The van der Waals surface area contributed by atoms with Crippen molar-refractivity contribution in [1.29, 1.82) is 0 Å². The normalized spacial score (nSPS) is 10.6. The second-order valence-corrected chi connectivity index (χ2v) is 5.63. The first-order valence-corrected chi connectivity index (χ1v) is 7.86. The molecule has 0 N–H and O–H groups in total. The summed E-state index contributed by atoms with van der Waals surface area (Å²) in [7, 11) is 0. The number of pyridine rings is 1. The molecule has 0 aliphatic rings. The van der Waals surface area contributed by atoms with Crippen molar-refractivity contribution in [1.82, 2.24) is 4.98 Å². The quantitative estimate of drug-likeness (QED) is 0.524. The van der Waals surface area contributed by atoms with Crippen LogP contribution in [0.25, 0.3) is 10.9 Å². The molecule has 1 heterocycles. The van der Waals surface area contributed by atoms with Crippen molar-refractivity contribution in [3.8, 4) is 5.75 Å². The lowest BCUT2D eigenvalue weighted by molar-refractivity contribution is 0.0452. The number of benzene rings is 2. The topological polar surface area (TPSA) is 48.4 Å². The number of hydrogen-bond acceptors (Lipinski definition) is 4. The molecule has 4 nitrogen and oxygen atoms in total. The third-order valence-electron chi connectivity index (χ3n) is 3.67. The molecule has 4 heteroatoms. The van der Waals surface area contributed by atoms with Crippen molar-refractivity contribution in [3.05, 3.63) is 71.4 Å². The molecular formula is C20H19NO3. The minimum atomic E-state index is -0.357. The Balaban J connectivity index is 1.62. The van der Waals surface area contributed by atoms with E-state index in [2.05, 4.69) is 4.98 Å². The summed E-state index contributed by atoms with van der Waals surface area (Å²) in [5, 5.41) is 0.799. The third-order valence-corrected chi connectivity index (χ3v) is 3.67. The van der Waals surface area contributed by atoms with E-state index in [-0.39, 0.29) is 12.6 Å². The molecule has 0 spiro atoms. The van der Waals surface area contributed by atoms with Gasteiger partial charge in [-0.05, 0) is 38.1 Å². The Labute approximate surface area is 141 Å². The maximum Gasteiger partial charge on any atom is 0.339 e. The van der Waals surface area contributed by atoms with Gasteiger partial charge in [0.25, 0.3) is 0 Å². The Kier molecular flexibility index (Phi) is 4.75. The Morgan fingerprint density at radius 1 is 1.00 bits per heavy atom. The molecule has 0 saturated carbocycles. The number of aromatic nitrogens is 1. The Morgan fingerprint density at radius 3 is 2.54 bits per heavy atom. The molecule has 3 aromatic rings. The zero-order valence-electron chi connectivity index (χ0n) is 13.8. The van der Waals surface area contributed by atoms with E-state index in [9.17, 15) is 4.79 Å². The molecule has 0 unspecified atom stereocenters. The number of ether oxygens (including phenoxy) is 2. The van der Waals surface area contributed by atoms with Gasteiger partial charge in [0, 0.05) is 11.1 Å². The van der Waals surface area contributed by atoms with Crippen molar-refractivity contribution >= 4 is 16.9 Å². The lowest BCUT2D eigenvalue weighted by atomic mass is 10.1. The number of esters is 1. The van der Waals surface area contributed by atoms with Gasteiger partial charge in [0.1, 0.15) is 19.0 Å². The van der Waals surface area contributed by atoms with Crippen LogP contribution in [0.3, 0.4) is 0 Å². The van der Waals surface area contributed by atoms with Gasteiger partial charge in [0.15, 0.2) is 0 Å². The largest absolute Gasteiger partial charge is 0.490 e. The number of carbonyl (C=O) groups is 1. The molecule has 1 aromatic heterocycles. The molecule has 0 amide bonds. The van der Waals surface area contributed by atoms with Crippen molar-refractivity contribution in [2.45, 2.75) is 13.8 Å².